The standard InChI is InChI=1S/C20H25F5O4/c1-3-4-5-6-7-11-28-13(26)9-8-10-14(27)29-12(2)15-16(21)18(23)20(25)19(24)17(15)22/h12H,3-11H2,1-2H3. The molecule has 1 aromatic carbocycles. The summed E-state index contributed by atoms with van der Waals surface area (Å²) in [6.07, 6.45) is 3.07. The van der Waals surface area contributed by atoms with E-state index in [0.717, 1.165) is 39.0 Å². The van der Waals surface area contributed by atoms with Crippen molar-refractivity contribution >= 4 is 11.9 Å². The van der Waals surface area contributed by atoms with Gasteiger partial charge in [-0.3, -0.25) is 9.59 Å². The van der Waals surface area contributed by atoms with Crippen LogP contribution in [0.15, 0.2) is 0 Å². The van der Waals surface area contributed by atoms with Crippen molar-refractivity contribution in [3.8, 4) is 0 Å². The minimum absolute atomic E-state index is 0.0546. The lowest BCUT2D eigenvalue weighted by molar-refractivity contribution is -0.149. The molecule has 1 unspecified atom stereocenters. The maximum atomic E-state index is 13.7. The first-order chi connectivity index (χ1) is 13.7. The number of halogens is 5. The van der Waals surface area contributed by atoms with Gasteiger partial charge in [0, 0.05) is 12.8 Å². The summed E-state index contributed by atoms with van der Waals surface area (Å²) in [7, 11) is 0. The molecule has 0 aromatic heterocycles. The summed E-state index contributed by atoms with van der Waals surface area (Å²) < 4.78 is 76.7. The zero-order chi connectivity index (χ0) is 22.0. The summed E-state index contributed by atoms with van der Waals surface area (Å²) in [6, 6.07) is 0. The van der Waals surface area contributed by atoms with Gasteiger partial charge >= 0.3 is 11.9 Å². The average molecular weight is 424 g/mol. The molecule has 4 nitrogen and oxygen atoms in total. The highest BCUT2D eigenvalue weighted by Crippen LogP contribution is 2.29. The number of carbonyl (C=O) groups is 2. The van der Waals surface area contributed by atoms with Crippen molar-refractivity contribution < 1.29 is 41.0 Å². The zero-order valence-corrected chi connectivity index (χ0v) is 16.5. The van der Waals surface area contributed by atoms with Crippen LogP contribution in [0.5, 0.6) is 0 Å². The van der Waals surface area contributed by atoms with Gasteiger partial charge in [-0.15, -0.1) is 0 Å². The van der Waals surface area contributed by atoms with Crippen LogP contribution in [-0.2, 0) is 19.1 Å². The lowest BCUT2D eigenvalue weighted by atomic mass is 10.1. The number of carbonyl (C=O) groups excluding carboxylic acids is 2. The summed E-state index contributed by atoms with van der Waals surface area (Å²) >= 11 is 0. The van der Waals surface area contributed by atoms with Gasteiger partial charge in [0.2, 0.25) is 5.82 Å². The Labute approximate surface area is 166 Å². The van der Waals surface area contributed by atoms with Crippen LogP contribution in [0.1, 0.15) is 76.9 Å². The molecule has 0 N–H and O–H groups in total. The molecule has 9 heteroatoms. The van der Waals surface area contributed by atoms with E-state index < -0.39 is 52.7 Å². The predicted molar refractivity (Wildman–Crippen MR) is 94.3 cm³/mol. The first-order valence-corrected chi connectivity index (χ1v) is 9.57. The number of esters is 2. The maximum Gasteiger partial charge on any atom is 0.306 e. The largest absolute Gasteiger partial charge is 0.466 e. The molecule has 1 aromatic rings. The van der Waals surface area contributed by atoms with Crippen molar-refractivity contribution in [2.24, 2.45) is 0 Å². The van der Waals surface area contributed by atoms with Crippen molar-refractivity contribution in [2.75, 3.05) is 6.61 Å². The van der Waals surface area contributed by atoms with Gasteiger partial charge in [-0.2, -0.15) is 0 Å². The molecular weight excluding hydrogens is 399 g/mol. The highest BCUT2D eigenvalue weighted by atomic mass is 19.2. The van der Waals surface area contributed by atoms with Crippen molar-refractivity contribution in [1.29, 1.82) is 0 Å². The maximum absolute atomic E-state index is 13.7. The van der Waals surface area contributed by atoms with Gasteiger partial charge in [-0.25, -0.2) is 22.0 Å². The Balaban J connectivity index is 2.41. The molecule has 0 aliphatic heterocycles. The van der Waals surface area contributed by atoms with E-state index in [1.807, 2.05) is 0 Å². The molecule has 0 heterocycles. The fraction of sp³-hybridized carbons (Fsp3) is 0.600. The third-order valence-corrected chi connectivity index (χ3v) is 4.23. The molecular formula is C20H25F5O4. The van der Waals surface area contributed by atoms with Gasteiger partial charge in [-0.1, -0.05) is 32.6 Å². The van der Waals surface area contributed by atoms with Crippen LogP contribution in [0.4, 0.5) is 22.0 Å². The summed E-state index contributed by atoms with van der Waals surface area (Å²) in [6.45, 7) is 3.38. The number of hydrogen-bond donors (Lipinski definition) is 0. The molecule has 0 bridgehead atoms. The monoisotopic (exact) mass is 424 g/mol. The Kier molecular flexibility index (Phi) is 10.6. The van der Waals surface area contributed by atoms with Crippen LogP contribution in [-0.4, -0.2) is 18.5 Å². The van der Waals surface area contributed by atoms with E-state index in [9.17, 15) is 31.5 Å². The minimum Gasteiger partial charge on any atom is -0.466 e. The van der Waals surface area contributed by atoms with Crippen molar-refractivity contribution in [3.63, 3.8) is 0 Å². The van der Waals surface area contributed by atoms with Gasteiger partial charge in [-0.05, 0) is 19.8 Å². The second-order valence-electron chi connectivity index (χ2n) is 6.60. The first-order valence-electron chi connectivity index (χ1n) is 9.57. The summed E-state index contributed by atoms with van der Waals surface area (Å²) in [5, 5.41) is 0. The Morgan fingerprint density at radius 3 is 1.86 bits per heavy atom. The van der Waals surface area contributed by atoms with E-state index in [-0.39, 0.29) is 19.3 Å². The summed E-state index contributed by atoms with van der Waals surface area (Å²) in [5.74, 6) is -12.0. The normalized spacial score (nSPS) is 12.0. The highest BCUT2D eigenvalue weighted by Gasteiger charge is 2.30. The molecule has 0 fully saturated rings. The molecule has 1 rings (SSSR count). The quantitative estimate of drug-likeness (QED) is 0.143. The number of unbranched alkanes of at least 4 members (excludes halogenated alkanes) is 4. The molecule has 29 heavy (non-hydrogen) atoms. The minimum atomic E-state index is -2.29. The fourth-order valence-electron chi connectivity index (χ4n) is 2.63. The van der Waals surface area contributed by atoms with Crippen molar-refractivity contribution in [2.45, 2.75) is 71.3 Å². The Morgan fingerprint density at radius 1 is 0.759 bits per heavy atom. The first kappa shape index (κ1) is 24.8. The third-order valence-electron chi connectivity index (χ3n) is 4.23. The SMILES string of the molecule is CCCCCCCOC(=O)CCCC(=O)OC(C)c1c(F)c(F)c(F)c(F)c1F. The van der Waals surface area contributed by atoms with Gasteiger partial charge < -0.3 is 9.47 Å². The highest BCUT2D eigenvalue weighted by molar-refractivity contribution is 5.72. The third kappa shape index (κ3) is 7.62. The van der Waals surface area contributed by atoms with Crippen LogP contribution in [0.3, 0.4) is 0 Å². The van der Waals surface area contributed by atoms with E-state index in [1.165, 1.54) is 0 Å². The van der Waals surface area contributed by atoms with E-state index in [2.05, 4.69) is 6.92 Å². The molecule has 0 aliphatic rings. The number of benzene rings is 1. The van der Waals surface area contributed by atoms with E-state index >= 15 is 0 Å². The van der Waals surface area contributed by atoms with Crippen LogP contribution in [0, 0.1) is 29.1 Å². The molecule has 164 valence electrons. The Morgan fingerprint density at radius 2 is 1.28 bits per heavy atom. The predicted octanol–water partition coefficient (Wildman–Crippen LogP) is 5.67. The molecule has 1 atom stereocenters. The van der Waals surface area contributed by atoms with Gasteiger partial charge in [0.15, 0.2) is 23.3 Å². The van der Waals surface area contributed by atoms with Gasteiger partial charge in [0.05, 0.1) is 12.2 Å². The molecule has 0 amide bonds. The molecule has 0 saturated carbocycles. The molecule has 0 radical (unpaired) electrons. The van der Waals surface area contributed by atoms with Crippen molar-refractivity contribution in [1.82, 2.24) is 0 Å². The van der Waals surface area contributed by atoms with E-state index in [4.69, 9.17) is 9.47 Å². The van der Waals surface area contributed by atoms with Gasteiger partial charge in [0.25, 0.3) is 0 Å². The second-order valence-corrected chi connectivity index (χ2v) is 6.60. The lowest BCUT2D eigenvalue weighted by Gasteiger charge is -2.16. The second kappa shape index (κ2) is 12.4. The van der Waals surface area contributed by atoms with Crippen LogP contribution < -0.4 is 0 Å². The van der Waals surface area contributed by atoms with E-state index in [0.29, 0.717) is 6.61 Å². The van der Waals surface area contributed by atoms with Gasteiger partial charge in [0.1, 0.15) is 6.10 Å². The summed E-state index contributed by atoms with van der Waals surface area (Å²) in [5.41, 5.74) is -1.22. The van der Waals surface area contributed by atoms with Crippen LogP contribution >= 0.6 is 0 Å². The number of ether oxygens (including phenoxy) is 2. The zero-order valence-electron chi connectivity index (χ0n) is 16.5. The lowest BCUT2D eigenvalue weighted by Crippen LogP contribution is -2.15. The van der Waals surface area contributed by atoms with E-state index in [1.54, 1.807) is 0 Å². The molecule has 0 saturated heterocycles. The number of rotatable bonds is 12. The van der Waals surface area contributed by atoms with Crippen molar-refractivity contribution in [3.05, 3.63) is 34.6 Å². The molecule has 0 spiro atoms. The van der Waals surface area contributed by atoms with Crippen LogP contribution in [0.25, 0.3) is 0 Å². The van der Waals surface area contributed by atoms with Crippen LogP contribution in [0.2, 0.25) is 0 Å². The smallest absolute Gasteiger partial charge is 0.306 e. The molecule has 0 aliphatic carbocycles. The Hall–Kier alpha value is -2.19. The fourth-order valence-corrected chi connectivity index (χ4v) is 2.63. The topological polar surface area (TPSA) is 52.6 Å². The average Bonchev–Trinajstić information content (AvgIpc) is 2.67. The summed E-state index contributed by atoms with van der Waals surface area (Å²) in [4.78, 5) is 23.3. The number of hydrogen-bond acceptors (Lipinski definition) is 4. The Bertz CT molecular complexity index is 680.